The monoisotopic (exact) mass is 290 g/mol. The summed E-state index contributed by atoms with van der Waals surface area (Å²) in [6.45, 7) is 6.36. The molecule has 0 spiro atoms. The molecule has 112 valence electrons. The third-order valence-corrected chi connectivity index (χ3v) is 5.39. The lowest BCUT2D eigenvalue weighted by Crippen LogP contribution is -2.51. The van der Waals surface area contributed by atoms with E-state index >= 15 is 0 Å². The number of rotatable bonds is 3. The Morgan fingerprint density at radius 1 is 1.16 bits per heavy atom. The maximum atomic E-state index is 11.5. The zero-order chi connectivity index (χ0) is 14.1. The summed E-state index contributed by atoms with van der Waals surface area (Å²) in [5, 5.41) is 3.68. The van der Waals surface area contributed by atoms with E-state index in [-0.39, 0.29) is 5.60 Å². The summed E-state index contributed by atoms with van der Waals surface area (Å²) in [7, 11) is -3.02. The molecular weight excluding hydrogens is 264 g/mol. The highest BCUT2D eigenvalue weighted by molar-refractivity contribution is 7.88. The summed E-state index contributed by atoms with van der Waals surface area (Å²) in [6.07, 6.45) is 5.19. The van der Waals surface area contributed by atoms with Crippen molar-refractivity contribution in [2.75, 3.05) is 26.0 Å². The van der Waals surface area contributed by atoms with Gasteiger partial charge >= 0.3 is 0 Å². The Morgan fingerprint density at radius 2 is 1.79 bits per heavy atom. The summed E-state index contributed by atoms with van der Waals surface area (Å²) in [5.41, 5.74) is -0.0383. The van der Waals surface area contributed by atoms with Crippen molar-refractivity contribution in [2.45, 2.75) is 57.2 Å². The highest BCUT2D eigenvalue weighted by atomic mass is 32.2. The van der Waals surface area contributed by atoms with Crippen molar-refractivity contribution < 1.29 is 13.2 Å². The minimum Gasteiger partial charge on any atom is -0.375 e. The molecule has 2 heterocycles. The number of sulfonamides is 1. The predicted octanol–water partition coefficient (Wildman–Crippen LogP) is 0.958. The van der Waals surface area contributed by atoms with Gasteiger partial charge in [0.25, 0.3) is 0 Å². The molecule has 2 rings (SSSR count). The lowest BCUT2D eigenvalue weighted by Gasteiger charge is -2.39. The molecule has 0 aliphatic carbocycles. The molecule has 1 unspecified atom stereocenters. The molecule has 0 aromatic rings. The van der Waals surface area contributed by atoms with Crippen LogP contribution in [0.1, 0.15) is 39.5 Å². The Kier molecular flexibility index (Phi) is 4.55. The highest BCUT2D eigenvalue weighted by Crippen LogP contribution is 2.25. The van der Waals surface area contributed by atoms with Crippen molar-refractivity contribution >= 4 is 10.0 Å². The van der Waals surface area contributed by atoms with E-state index in [1.54, 1.807) is 4.31 Å². The van der Waals surface area contributed by atoms with E-state index in [1.165, 1.54) is 6.26 Å². The minimum absolute atomic E-state index is 0.0383. The summed E-state index contributed by atoms with van der Waals surface area (Å²) in [5.74, 6) is 0. The summed E-state index contributed by atoms with van der Waals surface area (Å²) < 4.78 is 30.2. The topological polar surface area (TPSA) is 58.6 Å². The molecule has 0 amide bonds. The van der Waals surface area contributed by atoms with Gasteiger partial charge in [-0.15, -0.1) is 0 Å². The van der Waals surface area contributed by atoms with E-state index < -0.39 is 10.0 Å². The van der Waals surface area contributed by atoms with Gasteiger partial charge in [-0.1, -0.05) is 0 Å². The second-order valence-electron chi connectivity index (χ2n) is 6.40. The van der Waals surface area contributed by atoms with Crippen LogP contribution in [-0.2, 0) is 14.8 Å². The molecule has 2 aliphatic heterocycles. The van der Waals surface area contributed by atoms with E-state index in [0.29, 0.717) is 25.2 Å². The molecular formula is C13H26N2O3S. The Labute approximate surface area is 116 Å². The molecule has 5 nitrogen and oxygen atoms in total. The van der Waals surface area contributed by atoms with Gasteiger partial charge in [0.1, 0.15) is 0 Å². The van der Waals surface area contributed by atoms with Gasteiger partial charge in [0, 0.05) is 31.8 Å². The van der Waals surface area contributed by atoms with Crippen LogP contribution in [-0.4, -0.2) is 56.4 Å². The zero-order valence-corrected chi connectivity index (χ0v) is 13.0. The van der Waals surface area contributed by atoms with Gasteiger partial charge in [0.2, 0.25) is 10.0 Å². The Balaban J connectivity index is 1.80. The zero-order valence-electron chi connectivity index (χ0n) is 12.2. The van der Waals surface area contributed by atoms with Crippen molar-refractivity contribution in [3.05, 3.63) is 0 Å². The van der Waals surface area contributed by atoms with Crippen LogP contribution in [0.5, 0.6) is 0 Å². The molecule has 19 heavy (non-hydrogen) atoms. The van der Waals surface area contributed by atoms with Gasteiger partial charge in [0.05, 0.1) is 11.9 Å². The van der Waals surface area contributed by atoms with Crippen molar-refractivity contribution in [2.24, 2.45) is 0 Å². The molecule has 0 radical (unpaired) electrons. The number of ether oxygens (including phenoxy) is 1. The van der Waals surface area contributed by atoms with E-state index in [4.69, 9.17) is 4.74 Å². The van der Waals surface area contributed by atoms with Gasteiger partial charge < -0.3 is 10.1 Å². The van der Waals surface area contributed by atoms with E-state index in [2.05, 4.69) is 19.2 Å². The Bertz CT molecular complexity index is 400. The van der Waals surface area contributed by atoms with Crippen molar-refractivity contribution in [1.82, 2.24) is 9.62 Å². The maximum absolute atomic E-state index is 11.5. The first-order valence-electron chi connectivity index (χ1n) is 7.11. The van der Waals surface area contributed by atoms with Gasteiger partial charge in [-0.3, -0.25) is 0 Å². The first kappa shape index (κ1) is 15.2. The van der Waals surface area contributed by atoms with E-state index in [0.717, 1.165) is 32.3 Å². The minimum atomic E-state index is -3.02. The summed E-state index contributed by atoms with van der Waals surface area (Å²) in [6, 6.07) is 0.940. The fourth-order valence-electron chi connectivity index (χ4n) is 3.06. The summed E-state index contributed by atoms with van der Waals surface area (Å²) in [4.78, 5) is 0. The lowest BCUT2D eigenvalue weighted by atomic mass is 9.92. The number of nitrogens with zero attached hydrogens (tertiary/aromatic N) is 1. The maximum Gasteiger partial charge on any atom is 0.211 e. The van der Waals surface area contributed by atoms with E-state index in [1.807, 2.05) is 0 Å². The molecule has 0 saturated carbocycles. The molecule has 0 aromatic carbocycles. The van der Waals surface area contributed by atoms with Crippen molar-refractivity contribution in [1.29, 1.82) is 0 Å². The van der Waals surface area contributed by atoms with Crippen molar-refractivity contribution in [3.8, 4) is 0 Å². The average Bonchev–Trinajstić information content (AvgIpc) is 2.27. The van der Waals surface area contributed by atoms with Crippen LogP contribution in [0.3, 0.4) is 0 Å². The predicted molar refractivity (Wildman–Crippen MR) is 75.6 cm³/mol. The largest absolute Gasteiger partial charge is 0.375 e. The van der Waals surface area contributed by atoms with Gasteiger partial charge in [-0.25, -0.2) is 12.7 Å². The highest BCUT2D eigenvalue weighted by Gasteiger charge is 2.31. The Hall–Kier alpha value is -0.170. The Morgan fingerprint density at radius 3 is 2.32 bits per heavy atom. The number of hydrogen-bond donors (Lipinski definition) is 1. The molecule has 6 heteroatoms. The van der Waals surface area contributed by atoms with Crippen LogP contribution in [0.4, 0.5) is 0 Å². The third-order valence-electron chi connectivity index (χ3n) is 4.09. The molecule has 0 aromatic heterocycles. The molecule has 2 saturated heterocycles. The molecule has 1 N–H and O–H groups in total. The van der Waals surface area contributed by atoms with Gasteiger partial charge in [-0.05, 0) is 39.5 Å². The number of nitrogens with one attached hydrogen (secondary N) is 1. The second-order valence-corrected chi connectivity index (χ2v) is 8.38. The summed E-state index contributed by atoms with van der Waals surface area (Å²) >= 11 is 0. The molecule has 1 atom stereocenters. The van der Waals surface area contributed by atoms with Crippen LogP contribution in [0.15, 0.2) is 0 Å². The third kappa shape index (κ3) is 4.41. The standard InChI is InChI=1S/C13H26N2O3S/c1-13(2)10-12(6-9-18-13)14-11-4-7-15(8-5-11)19(3,16)17/h11-12,14H,4-10H2,1-3H3. The van der Waals surface area contributed by atoms with Crippen LogP contribution < -0.4 is 5.32 Å². The molecule has 2 fully saturated rings. The van der Waals surface area contributed by atoms with Crippen molar-refractivity contribution in [3.63, 3.8) is 0 Å². The first-order chi connectivity index (χ1) is 8.76. The smallest absolute Gasteiger partial charge is 0.211 e. The second kappa shape index (κ2) is 5.68. The van der Waals surface area contributed by atoms with Crippen LogP contribution in [0, 0.1) is 0 Å². The normalized spacial score (nSPS) is 30.4. The quantitative estimate of drug-likeness (QED) is 0.841. The first-order valence-corrected chi connectivity index (χ1v) is 8.96. The van der Waals surface area contributed by atoms with Crippen LogP contribution >= 0.6 is 0 Å². The van der Waals surface area contributed by atoms with Crippen LogP contribution in [0.2, 0.25) is 0 Å². The fraction of sp³-hybridized carbons (Fsp3) is 1.00. The fourth-order valence-corrected chi connectivity index (χ4v) is 3.94. The lowest BCUT2D eigenvalue weighted by molar-refractivity contribution is -0.0646. The molecule has 0 bridgehead atoms. The van der Waals surface area contributed by atoms with Gasteiger partial charge in [-0.2, -0.15) is 0 Å². The average molecular weight is 290 g/mol. The number of hydrogen-bond acceptors (Lipinski definition) is 4. The van der Waals surface area contributed by atoms with E-state index in [9.17, 15) is 8.42 Å². The number of piperidine rings is 1. The van der Waals surface area contributed by atoms with Crippen LogP contribution in [0.25, 0.3) is 0 Å². The molecule has 2 aliphatic rings. The van der Waals surface area contributed by atoms with Gasteiger partial charge in [0.15, 0.2) is 0 Å². The SMILES string of the molecule is CC1(C)CC(NC2CCN(S(C)(=O)=O)CC2)CCO1.